The molecule has 0 spiro atoms. The predicted octanol–water partition coefficient (Wildman–Crippen LogP) is 1.37. The average Bonchev–Trinajstić information content (AvgIpc) is 3.21. The topological polar surface area (TPSA) is 69.6 Å². The Kier molecular flexibility index (Phi) is 2.89. The predicted molar refractivity (Wildman–Crippen MR) is 68.7 cm³/mol. The molecule has 1 heterocycles. The first-order valence-electron chi connectivity index (χ1n) is 6.52. The highest BCUT2D eigenvalue weighted by Crippen LogP contribution is 2.25. The van der Waals surface area contributed by atoms with Gasteiger partial charge in [-0.05, 0) is 24.0 Å². The van der Waals surface area contributed by atoms with E-state index in [-0.39, 0.29) is 12.1 Å². The van der Waals surface area contributed by atoms with Crippen molar-refractivity contribution in [2.24, 2.45) is 0 Å². The van der Waals surface area contributed by atoms with E-state index in [0.29, 0.717) is 13.0 Å². The number of carboxylic acids is 1. The zero-order valence-electron chi connectivity index (χ0n) is 10.5. The van der Waals surface area contributed by atoms with Crippen molar-refractivity contribution in [3.05, 3.63) is 35.4 Å². The molecular weight excluding hydrogens is 244 g/mol. The highest BCUT2D eigenvalue weighted by molar-refractivity contribution is 5.83. The second-order valence-corrected chi connectivity index (χ2v) is 5.18. The molecule has 2 N–H and O–H groups in total. The summed E-state index contributed by atoms with van der Waals surface area (Å²) in [6.45, 7) is 0.367. The van der Waals surface area contributed by atoms with E-state index in [1.807, 2.05) is 24.3 Å². The first-order chi connectivity index (χ1) is 9.15. The van der Waals surface area contributed by atoms with Gasteiger partial charge in [-0.2, -0.15) is 0 Å². The maximum Gasteiger partial charge on any atom is 0.326 e. The minimum atomic E-state index is -0.944. The quantitative estimate of drug-likeness (QED) is 0.843. The van der Waals surface area contributed by atoms with Gasteiger partial charge in [0.2, 0.25) is 0 Å². The lowest BCUT2D eigenvalue weighted by Gasteiger charge is -2.34. The van der Waals surface area contributed by atoms with E-state index in [2.05, 4.69) is 5.32 Å². The van der Waals surface area contributed by atoms with Gasteiger partial charge in [-0.1, -0.05) is 24.3 Å². The zero-order valence-corrected chi connectivity index (χ0v) is 10.5. The van der Waals surface area contributed by atoms with E-state index < -0.39 is 12.0 Å². The second-order valence-electron chi connectivity index (χ2n) is 5.18. The van der Waals surface area contributed by atoms with Crippen LogP contribution < -0.4 is 5.32 Å². The number of carbonyl (C=O) groups is 2. The first-order valence-corrected chi connectivity index (χ1v) is 6.52. The van der Waals surface area contributed by atoms with Crippen LogP contribution in [-0.2, 0) is 17.8 Å². The largest absolute Gasteiger partial charge is 0.480 e. The average molecular weight is 260 g/mol. The van der Waals surface area contributed by atoms with Gasteiger partial charge in [-0.25, -0.2) is 9.59 Å². The molecule has 1 aromatic carbocycles. The molecule has 2 amide bonds. The molecule has 0 aromatic heterocycles. The lowest BCUT2D eigenvalue weighted by atomic mass is 9.94. The van der Waals surface area contributed by atoms with Crippen molar-refractivity contribution < 1.29 is 14.7 Å². The van der Waals surface area contributed by atoms with E-state index in [1.54, 1.807) is 0 Å². The van der Waals surface area contributed by atoms with Crippen LogP contribution >= 0.6 is 0 Å². The molecule has 0 saturated heterocycles. The summed E-state index contributed by atoms with van der Waals surface area (Å²) in [7, 11) is 0. The van der Waals surface area contributed by atoms with Gasteiger partial charge in [0.25, 0.3) is 0 Å². The molecule has 2 aliphatic rings. The Morgan fingerprint density at radius 1 is 1.21 bits per heavy atom. The van der Waals surface area contributed by atoms with E-state index in [9.17, 15) is 14.7 Å². The molecule has 0 unspecified atom stereocenters. The number of fused-ring (bicyclic) bond motifs is 1. The van der Waals surface area contributed by atoms with E-state index in [1.165, 1.54) is 4.90 Å². The standard InChI is InChI=1S/C14H16N2O3/c17-13(18)12-7-9-3-1-2-4-10(9)8-16(12)14(19)15-11-5-6-11/h1-4,11-12H,5-8H2,(H,15,19)(H,17,18)/t12-/m0/s1. The smallest absolute Gasteiger partial charge is 0.326 e. The second kappa shape index (κ2) is 4.57. The number of hydrogen-bond acceptors (Lipinski definition) is 2. The molecule has 1 atom stereocenters. The molecule has 0 radical (unpaired) electrons. The molecule has 3 rings (SSSR count). The van der Waals surface area contributed by atoms with Crippen molar-refractivity contribution in [1.82, 2.24) is 10.2 Å². The van der Waals surface area contributed by atoms with Crippen LogP contribution in [-0.4, -0.2) is 34.1 Å². The number of carboxylic acid groups (broad SMARTS) is 1. The Morgan fingerprint density at radius 3 is 2.53 bits per heavy atom. The Hall–Kier alpha value is -2.04. The van der Waals surface area contributed by atoms with Gasteiger partial charge in [-0.15, -0.1) is 0 Å². The lowest BCUT2D eigenvalue weighted by Crippen LogP contribution is -2.52. The molecule has 1 aromatic rings. The molecule has 5 heteroatoms. The minimum absolute atomic E-state index is 0.235. The Morgan fingerprint density at radius 2 is 1.89 bits per heavy atom. The van der Waals surface area contributed by atoms with Crippen molar-refractivity contribution in [2.45, 2.75) is 37.9 Å². The number of benzene rings is 1. The molecule has 0 bridgehead atoms. The third kappa shape index (κ3) is 2.41. The highest BCUT2D eigenvalue weighted by Gasteiger charge is 2.36. The normalized spacial score (nSPS) is 21.7. The fraction of sp³-hybridized carbons (Fsp3) is 0.429. The Labute approximate surface area is 111 Å². The summed E-state index contributed by atoms with van der Waals surface area (Å²) in [6, 6.07) is 6.90. The third-order valence-electron chi connectivity index (χ3n) is 3.70. The maximum absolute atomic E-state index is 12.1. The van der Waals surface area contributed by atoms with E-state index in [4.69, 9.17) is 0 Å². The third-order valence-corrected chi connectivity index (χ3v) is 3.70. The summed E-state index contributed by atoms with van der Waals surface area (Å²) >= 11 is 0. The van der Waals surface area contributed by atoms with Gasteiger partial charge in [0, 0.05) is 19.0 Å². The van der Waals surface area contributed by atoms with E-state index >= 15 is 0 Å². The van der Waals surface area contributed by atoms with Crippen molar-refractivity contribution >= 4 is 12.0 Å². The van der Waals surface area contributed by atoms with Crippen LogP contribution in [0.15, 0.2) is 24.3 Å². The summed E-state index contributed by atoms with van der Waals surface area (Å²) in [4.78, 5) is 24.9. The number of nitrogens with zero attached hydrogens (tertiary/aromatic N) is 1. The number of hydrogen-bond donors (Lipinski definition) is 2. The van der Waals surface area contributed by atoms with Gasteiger partial charge in [0.05, 0.1) is 0 Å². The van der Waals surface area contributed by atoms with Crippen LogP contribution in [0.25, 0.3) is 0 Å². The molecule has 5 nitrogen and oxygen atoms in total. The summed E-state index contributed by atoms with van der Waals surface area (Å²) in [5, 5.41) is 12.2. The molecule has 1 aliphatic heterocycles. The molecule has 1 aliphatic carbocycles. The zero-order chi connectivity index (χ0) is 13.4. The summed E-state index contributed by atoms with van der Waals surface area (Å²) < 4.78 is 0. The van der Waals surface area contributed by atoms with Crippen molar-refractivity contribution in [3.8, 4) is 0 Å². The van der Waals surface area contributed by atoms with Crippen molar-refractivity contribution in [2.75, 3.05) is 0 Å². The van der Waals surface area contributed by atoms with Crippen LogP contribution in [0.2, 0.25) is 0 Å². The number of rotatable bonds is 2. The van der Waals surface area contributed by atoms with Crippen LogP contribution in [0.3, 0.4) is 0 Å². The van der Waals surface area contributed by atoms with Gasteiger partial charge < -0.3 is 15.3 Å². The van der Waals surface area contributed by atoms with Crippen LogP contribution in [0, 0.1) is 0 Å². The Balaban J connectivity index is 1.84. The molecular formula is C14H16N2O3. The molecule has 100 valence electrons. The number of nitrogens with one attached hydrogen (secondary N) is 1. The molecule has 1 fully saturated rings. The van der Waals surface area contributed by atoms with E-state index in [0.717, 1.165) is 24.0 Å². The Bertz CT molecular complexity index is 525. The summed E-state index contributed by atoms with van der Waals surface area (Å²) in [5.41, 5.74) is 2.05. The summed E-state index contributed by atoms with van der Waals surface area (Å²) in [6.07, 6.45) is 2.37. The minimum Gasteiger partial charge on any atom is -0.480 e. The highest BCUT2D eigenvalue weighted by atomic mass is 16.4. The molecule has 19 heavy (non-hydrogen) atoms. The van der Waals surface area contributed by atoms with Gasteiger partial charge in [-0.3, -0.25) is 0 Å². The van der Waals surface area contributed by atoms with Crippen molar-refractivity contribution in [3.63, 3.8) is 0 Å². The van der Waals surface area contributed by atoms with Crippen LogP contribution in [0.4, 0.5) is 4.79 Å². The number of aliphatic carboxylic acids is 1. The lowest BCUT2D eigenvalue weighted by molar-refractivity contribution is -0.142. The fourth-order valence-electron chi connectivity index (χ4n) is 2.44. The van der Waals surface area contributed by atoms with Crippen LogP contribution in [0.5, 0.6) is 0 Å². The number of amides is 2. The monoisotopic (exact) mass is 260 g/mol. The van der Waals surface area contributed by atoms with Crippen molar-refractivity contribution in [1.29, 1.82) is 0 Å². The van der Waals surface area contributed by atoms with Gasteiger partial charge in [0.1, 0.15) is 6.04 Å². The summed E-state index contributed by atoms with van der Waals surface area (Å²) in [5.74, 6) is -0.944. The number of carbonyl (C=O) groups excluding carboxylic acids is 1. The van der Waals surface area contributed by atoms with Gasteiger partial charge >= 0.3 is 12.0 Å². The SMILES string of the molecule is O=C(O)[C@@H]1Cc2ccccc2CN1C(=O)NC1CC1. The maximum atomic E-state index is 12.1. The first kappa shape index (κ1) is 12.0. The molecule has 1 saturated carbocycles. The fourth-order valence-corrected chi connectivity index (χ4v) is 2.44. The van der Waals surface area contributed by atoms with Gasteiger partial charge in [0.15, 0.2) is 0 Å². The van der Waals surface area contributed by atoms with Crippen LogP contribution in [0.1, 0.15) is 24.0 Å². The number of urea groups is 1.